The number of halogens is 1. The first-order valence-electron chi connectivity index (χ1n) is 7.08. The molecule has 3 aromatic rings. The van der Waals surface area contributed by atoms with Crippen LogP contribution in [0, 0.1) is 6.92 Å². The number of nitrogens with zero attached hydrogens (tertiary/aromatic N) is 3. The van der Waals surface area contributed by atoms with Gasteiger partial charge in [0.05, 0.1) is 18.0 Å². The molecular weight excluding hydrogens is 300 g/mol. The third kappa shape index (κ3) is 2.77. The first-order valence-corrected chi connectivity index (χ1v) is 7.46. The monoisotopic (exact) mass is 316 g/mol. The first-order chi connectivity index (χ1) is 10.6. The predicted molar refractivity (Wildman–Crippen MR) is 88.3 cm³/mol. The maximum Gasteiger partial charge on any atom is 0.160 e. The number of anilines is 1. The number of aromatic nitrogens is 3. The molecule has 2 heterocycles. The van der Waals surface area contributed by atoms with Crippen LogP contribution in [0.15, 0.2) is 36.5 Å². The van der Waals surface area contributed by atoms with Gasteiger partial charge in [0.15, 0.2) is 5.65 Å². The molecule has 0 aliphatic carbocycles. The molecule has 1 aromatic carbocycles. The summed E-state index contributed by atoms with van der Waals surface area (Å²) >= 11 is 6.28. The molecule has 0 aliphatic heterocycles. The van der Waals surface area contributed by atoms with Crippen molar-refractivity contribution < 1.29 is 5.11 Å². The zero-order valence-electron chi connectivity index (χ0n) is 12.4. The molecule has 0 radical (unpaired) electrons. The minimum absolute atomic E-state index is 0.431. The molecule has 22 heavy (non-hydrogen) atoms. The molecule has 0 saturated carbocycles. The summed E-state index contributed by atoms with van der Waals surface area (Å²) < 4.78 is 1.73. The molecule has 0 spiro atoms. The van der Waals surface area contributed by atoms with Crippen LogP contribution >= 0.6 is 11.6 Å². The second-order valence-electron chi connectivity index (χ2n) is 5.30. The number of nitrogens with one attached hydrogen (secondary N) is 1. The average molecular weight is 317 g/mol. The second-order valence-corrected chi connectivity index (χ2v) is 5.71. The summed E-state index contributed by atoms with van der Waals surface area (Å²) in [5.74, 6) is 0.772. The van der Waals surface area contributed by atoms with Gasteiger partial charge in [-0.2, -0.15) is 9.61 Å². The Labute approximate surface area is 133 Å². The average Bonchev–Trinajstić information content (AvgIpc) is 2.87. The number of aliphatic hydroxyl groups is 1. The van der Waals surface area contributed by atoms with Crippen molar-refractivity contribution in [1.82, 2.24) is 14.6 Å². The normalized spacial score (nSPS) is 12.5. The number of fused-ring (bicyclic) bond motifs is 1. The molecule has 0 fully saturated rings. The van der Waals surface area contributed by atoms with Crippen LogP contribution in [0.5, 0.6) is 0 Å². The lowest BCUT2D eigenvalue weighted by Crippen LogP contribution is -2.17. The molecule has 5 nitrogen and oxygen atoms in total. The zero-order chi connectivity index (χ0) is 15.7. The number of aliphatic hydroxyl groups excluding tert-OH is 1. The van der Waals surface area contributed by atoms with Crippen LogP contribution in [0.2, 0.25) is 5.02 Å². The van der Waals surface area contributed by atoms with Crippen molar-refractivity contribution in [3.8, 4) is 11.3 Å². The molecule has 0 bridgehead atoms. The zero-order valence-corrected chi connectivity index (χ0v) is 13.2. The van der Waals surface area contributed by atoms with E-state index in [2.05, 4.69) is 15.4 Å². The Bertz CT molecular complexity index is 813. The number of hydrogen-bond acceptors (Lipinski definition) is 4. The van der Waals surface area contributed by atoms with Gasteiger partial charge in [-0.05, 0) is 19.9 Å². The minimum Gasteiger partial charge on any atom is -0.392 e. The Morgan fingerprint density at radius 2 is 2.14 bits per heavy atom. The topological polar surface area (TPSA) is 62.5 Å². The van der Waals surface area contributed by atoms with Gasteiger partial charge in [0.2, 0.25) is 0 Å². The van der Waals surface area contributed by atoms with Crippen molar-refractivity contribution in [2.45, 2.75) is 20.0 Å². The van der Waals surface area contributed by atoms with Gasteiger partial charge in [0.25, 0.3) is 0 Å². The van der Waals surface area contributed by atoms with Gasteiger partial charge >= 0.3 is 0 Å². The lowest BCUT2D eigenvalue weighted by molar-refractivity contribution is 0.208. The largest absolute Gasteiger partial charge is 0.392 e. The van der Waals surface area contributed by atoms with E-state index in [1.165, 1.54) is 0 Å². The molecule has 114 valence electrons. The lowest BCUT2D eigenvalue weighted by Gasteiger charge is -2.12. The van der Waals surface area contributed by atoms with Crippen LogP contribution in [0.1, 0.15) is 12.5 Å². The molecule has 2 N–H and O–H groups in total. The fourth-order valence-corrected chi connectivity index (χ4v) is 2.49. The number of aryl methyl sites for hydroxylation is 1. The summed E-state index contributed by atoms with van der Waals surface area (Å²) in [4.78, 5) is 4.67. The highest BCUT2D eigenvalue weighted by atomic mass is 35.5. The van der Waals surface area contributed by atoms with Crippen LogP contribution in [0.25, 0.3) is 16.9 Å². The SMILES string of the molecule is Cc1cnn2c(NC[C@@H](C)O)cc(-c3ccccc3Cl)nc12. The van der Waals surface area contributed by atoms with Crippen molar-refractivity contribution in [2.24, 2.45) is 0 Å². The number of benzene rings is 1. The van der Waals surface area contributed by atoms with E-state index in [1.807, 2.05) is 37.3 Å². The van der Waals surface area contributed by atoms with Crippen LogP contribution in [-0.2, 0) is 0 Å². The molecule has 2 aromatic heterocycles. The van der Waals surface area contributed by atoms with E-state index in [1.54, 1.807) is 17.6 Å². The van der Waals surface area contributed by atoms with Crippen LogP contribution in [0.4, 0.5) is 5.82 Å². The summed E-state index contributed by atoms with van der Waals surface area (Å²) in [7, 11) is 0. The van der Waals surface area contributed by atoms with Crippen LogP contribution < -0.4 is 5.32 Å². The summed E-state index contributed by atoms with van der Waals surface area (Å²) in [6.07, 6.45) is 1.32. The quantitative estimate of drug-likeness (QED) is 0.776. The van der Waals surface area contributed by atoms with E-state index < -0.39 is 6.10 Å². The molecule has 0 aliphatic rings. The summed E-state index contributed by atoms with van der Waals surface area (Å²) in [6.45, 7) is 4.12. The van der Waals surface area contributed by atoms with Crippen molar-refractivity contribution in [2.75, 3.05) is 11.9 Å². The predicted octanol–water partition coefficient (Wildman–Crippen LogP) is 3.15. The number of hydrogen-bond donors (Lipinski definition) is 2. The molecule has 6 heteroatoms. The van der Waals surface area contributed by atoms with Gasteiger partial charge in [0, 0.05) is 28.8 Å². The highest BCUT2D eigenvalue weighted by Crippen LogP contribution is 2.29. The van der Waals surface area contributed by atoms with Crippen molar-refractivity contribution in [1.29, 1.82) is 0 Å². The Morgan fingerprint density at radius 3 is 2.86 bits per heavy atom. The highest BCUT2D eigenvalue weighted by Gasteiger charge is 2.12. The third-order valence-corrected chi connectivity index (χ3v) is 3.71. The smallest absolute Gasteiger partial charge is 0.160 e. The standard InChI is InChI=1S/C16H17ClN4O/c1-10-8-19-21-15(18-9-11(2)22)7-14(20-16(10)21)12-5-3-4-6-13(12)17/h3-8,11,18,22H,9H2,1-2H3/t11-/m1/s1. The second kappa shape index (κ2) is 5.94. The van der Waals surface area contributed by atoms with Gasteiger partial charge in [-0.25, -0.2) is 4.98 Å². The first kappa shape index (κ1) is 14.8. The third-order valence-electron chi connectivity index (χ3n) is 3.38. The van der Waals surface area contributed by atoms with E-state index in [4.69, 9.17) is 11.6 Å². The van der Waals surface area contributed by atoms with Gasteiger partial charge in [-0.3, -0.25) is 0 Å². The Kier molecular flexibility index (Phi) is 4.00. The van der Waals surface area contributed by atoms with E-state index in [0.29, 0.717) is 11.6 Å². The Hall–Kier alpha value is -2.11. The number of rotatable bonds is 4. The minimum atomic E-state index is -0.455. The summed E-state index contributed by atoms with van der Waals surface area (Å²) in [6, 6.07) is 9.49. The Morgan fingerprint density at radius 1 is 1.36 bits per heavy atom. The van der Waals surface area contributed by atoms with Gasteiger partial charge < -0.3 is 10.4 Å². The Balaban J connectivity index is 2.15. The van der Waals surface area contributed by atoms with Crippen LogP contribution in [-0.4, -0.2) is 32.4 Å². The van der Waals surface area contributed by atoms with E-state index in [9.17, 15) is 5.11 Å². The maximum atomic E-state index is 9.49. The summed E-state index contributed by atoms with van der Waals surface area (Å²) in [5, 5.41) is 17.7. The maximum absolute atomic E-state index is 9.49. The van der Waals surface area contributed by atoms with Crippen molar-refractivity contribution >= 4 is 23.1 Å². The van der Waals surface area contributed by atoms with Gasteiger partial charge in [0.1, 0.15) is 5.82 Å². The lowest BCUT2D eigenvalue weighted by atomic mass is 10.1. The van der Waals surface area contributed by atoms with Crippen molar-refractivity contribution in [3.63, 3.8) is 0 Å². The molecule has 0 amide bonds. The molecule has 3 rings (SSSR count). The van der Waals surface area contributed by atoms with E-state index in [0.717, 1.165) is 28.3 Å². The molecular formula is C16H17ClN4O. The molecule has 0 unspecified atom stereocenters. The van der Waals surface area contributed by atoms with Crippen molar-refractivity contribution in [3.05, 3.63) is 47.1 Å². The fourth-order valence-electron chi connectivity index (χ4n) is 2.26. The molecule has 1 atom stereocenters. The van der Waals surface area contributed by atoms with Crippen LogP contribution in [0.3, 0.4) is 0 Å². The van der Waals surface area contributed by atoms with Gasteiger partial charge in [-0.1, -0.05) is 29.8 Å². The van der Waals surface area contributed by atoms with Gasteiger partial charge in [-0.15, -0.1) is 0 Å². The fraction of sp³-hybridized carbons (Fsp3) is 0.250. The summed E-state index contributed by atoms with van der Waals surface area (Å²) in [5.41, 5.74) is 3.39. The highest BCUT2D eigenvalue weighted by molar-refractivity contribution is 6.33. The van der Waals surface area contributed by atoms with E-state index >= 15 is 0 Å². The molecule has 0 saturated heterocycles. The van der Waals surface area contributed by atoms with E-state index in [-0.39, 0.29) is 0 Å².